The lowest BCUT2D eigenvalue weighted by Gasteiger charge is -2.16. The second kappa shape index (κ2) is 7.89. The van der Waals surface area contributed by atoms with Gasteiger partial charge in [0.15, 0.2) is 0 Å². The number of ether oxygens (including phenoxy) is 2. The zero-order chi connectivity index (χ0) is 13.4. The van der Waals surface area contributed by atoms with Gasteiger partial charge in [0, 0.05) is 25.4 Å². The molecule has 0 aliphatic heterocycles. The fraction of sp³-hybridized carbons (Fsp3) is 0.615. The molecule has 0 radical (unpaired) electrons. The average Bonchev–Trinajstić information content (AvgIpc) is 2.84. The smallest absolute Gasteiger partial charge is 0.354 e. The molecule has 5 heteroatoms. The average molecular weight is 254 g/mol. The highest BCUT2D eigenvalue weighted by Gasteiger charge is 2.10. The van der Waals surface area contributed by atoms with Gasteiger partial charge in [-0.25, -0.2) is 4.79 Å². The van der Waals surface area contributed by atoms with Crippen LogP contribution in [-0.4, -0.2) is 37.8 Å². The van der Waals surface area contributed by atoms with Gasteiger partial charge in [-0.3, -0.25) is 0 Å². The van der Waals surface area contributed by atoms with Gasteiger partial charge in [0.1, 0.15) is 5.69 Å². The summed E-state index contributed by atoms with van der Waals surface area (Å²) in [6.45, 7) is 3.53. The maximum absolute atomic E-state index is 11.3. The molecule has 2 N–H and O–H groups in total. The number of hydrogen-bond acceptors (Lipinski definition) is 4. The standard InChI is InChI=1S/C13H22N2O3/c1-4-5-11(9-17-2)14-8-10-6-7-12(15-10)13(16)18-3/h6-7,11,14-15H,4-5,8-9H2,1-3H3. The molecule has 0 saturated carbocycles. The van der Waals surface area contributed by atoms with Gasteiger partial charge in [0.05, 0.1) is 13.7 Å². The maximum Gasteiger partial charge on any atom is 0.354 e. The van der Waals surface area contributed by atoms with E-state index >= 15 is 0 Å². The molecule has 1 aromatic rings. The number of carbonyl (C=O) groups is 1. The summed E-state index contributed by atoms with van der Waals surface area (Å²) >= 11 is 0. The minimum absolute atomic E-state index is 0.338. The number of carbonyl (C=O) groups excluding carboxylic acids is 1. The molecule has 5 nitrogen and oxygen atoms in total. The molecule has 0 amide bonds. The molecule has 18 heavy (non-hydrogen) atoms. The summed E-state index contributed by atoms with van der Waals surface area (Å²) in [5, 5.41) is 3.40. The van der Waals surface area contributed by atoms with Crippen molar-refractivity contribution in [3.05, 3.63) is 23.5 Å². The highest BCUT2D eigenvalue weighted by Crippen LogP contribution is 2.05. The van der Waals surface area contributed by atoms with Gasteiger partial charge in [-0.05, 0) is 18.6 Å². The van der Waals surface area contributed by atoms with E-state index in [-0.39, 0.29) is 5.97 Å². The molecule has 0 aromatic carbocycles. The van der Waals surface area contributed by atoms with Crippen molar-refractivity contribution < 1.29 is 14.3 Å². The summed E-state index contributed by atoms with van der Waals surface area (Å²) in [4.78, 5) is 14.3. The maximum atomic E-state index is 11.3. The Bertz CT molecular complexity index is 357. The summed E-state index contributed by atoms with van der Waals surface area (Å²) in [6.07, 6.45) is 2.18. The van der Waals surface area contributed by atoms with Crippen LogP contribution in [0.4, 0.5) is 0 Å². The number of H-pyrrole nitrogens is 1. The number of nitrogens with one attached hydrogen (secondary N) is 2. The van der Waals surface area contributed by atoms with Crippen molar-refractivity contribution in [2.24, 2.45) is 0 Å². The lowest BCUT2D eigenvalue weighted by atomic mass is 10.2. The Balaban J connectivity index is 2.46. The fourth-order valence-corrected chi connectivity index (χ4v) is 1.82. The summed E-state index contributed by atoms with van der Waals surface area (Å²) in [7, 11) is 3.07. The van der Waals surface area contributed by atoms with E-state index < -0.39 is 0 Å². The first kappa shape index (κ1) is 14.7. The van der Waals surface area contributed by atoms with E-state index in [9.17, 15) is 4.79 Å². The monoisotopic (exact) mass is 254 g/mol. The van der Waals surface area contributed by atoms with Gasteiger partial charge in [-0.15, -0.1) is 0 Å². The van der Waals surface area contributed by atoms with Crippen LogP contribution >= 0.6 is 0 Å². The normalized spacial score (nSPS) is 12.4. The molecular weight excluding hydrogens is 232 g/mol. The van der Waals surface area contributed by atoms with Gasteiger partial charge in [0.2, 0.25) is 0 Å². The van der Waals surface area contributed by atoms with Crippen LogP contribution in [0, 0.1) is 0 Å². The lowest BCUT2D eigenvalue weighted by molar-refractivity contribution is 0.0594. The number of rotatable bonds is 8. The lowest BCUT2D eigenvalue weighted by Crippen LogP contribution is -2.32. The van der Waals surface area contributed by atoms with E-state index in [2.05, 4.69) is 22.0 Å². The van der Waals surface area contributed by atoms with E-state index in [1.165, 1.54) is 7.11 Å². The molecule has 1 atom stereocenters. The minimum atomic E-state index is -0.344. The van der Waals surface area contributed by atoms with Crippen molar-refractivity contribution in [2.75, 3.05) is 20.8 Å². The second-order valence-corrected chi connectivity index (χ2v) is 4.21. The molecule has 0 fully saturated rings. The van der Waals surface area contributed by atoms with Crippen LogP contribution in [-0.2, 0) is 16.0 Å². The van der Waals surface area contributed by atoms with Gasteiger partial charge in [0.25, 0.3) is 0 Å². The van der Waals surface area contributed by atoms with E-state index in [4.69, 9.17) is 4.74 Å². The van der Waals surface area contributed by atoms with Crippen molar-refractivity contribution in [3.8, 4) is 0 Å². The van der Waals surface area contributed by atoms with E-state index in [0.717, 1.165) is 18.5 Å². The molecule has 1 heterocycles. The van der Waals surface area contributed by atoms with Gasteiger partial charge >= 0.3 is 5.97 Å². The Labute approximate surface area is 108 Å². The van der Waals surface area contributed by atoms with Crippen molar-refractivity contribution in [2.45, 2.75) is 32.4 Å². The van der Waals surface area contributed by atoms with Crippen LogP contribution in [0.3, 0.4) is 0 Å². The first-order valence-electron chi connectivity index (χ1n) is 6.19. The summed E-state index contributed by atoms with van der Waals surface area (Å²) in [5.74, 6) is -0.344. The molecule has 0 aliphatic carbocycles. The molecule has 0 saturated heterocycles. The van der Waals surface area contributed by atoms with Crippen molar-refractivity contribution in [1.82, 2.24) is 10.3 Å². The van der Waals surface area contributed by atoms with Crippen LogP contribution in [0.15, 0.2) is 12.1 Å². The number of aromatic nitrogens is 1. The van der Waals surface area contributed by atoms with Crippen molar-refractivity contribution >= 4 is 5.97 Å². The Hall–Kier alpha value is -1.33. The quantitative estimate of drug-likeness (QED) is 0.693. The Morgan fingerprint density at radius 1 is 1.44 bits per heavy atom. The summed E-state index contributed by atoms with van der Waals surface area (Å²) in [6, 6.07) is 3.95. The molecule has 0 bridgehead atoms. The molecule has 1 unspecified atom stereocenters. The Morgan fingerprint density at radius 2 is 2.22 bits per heavy atom. The zero-order valence-electron chi connectivity index (χ0n) is 11.3. The fourth-order valence-electron chi connectivity index (χ4n) is 1.82. The molecule has 102 valence electrons. The van der Waals surface area contributed by atoms with Gasteiger partial charge < -0.3 is 19.8 Å². The predicted molar refractivity (Wildman–Crippen MR) is 69.5 cm³/mol. The van der Waals surface area contributed by atoms with Crippen LogP contribution in [0.1, 0.15) is 35.9 Å². The first-order chi connectivity index (χ1) is 8.71. The second-order valence-electron chi connectivity index (χ2n) is 4.21. The zero-order valence-corrected chi connectivity index (χ0v) is 11.3. The van der Waals surface area contributed by atoms with E-state index in [0.29, 0.717) is 24.9 Å². The van der Waals surface area contributed by atoms with Crippen LogP contribution < -0.4 is 5.32 Å². The molecule has 0 aliphatic rings. The largest absolute Gasteiger partial charge is 0.464 e. The number of hydrogen-bond donors (Lipinski definition) is 2. The number of methoxy groups -OCH3 is 2. The van der Waals surface area contributed by atoms with Gasteiger partial charge in [-0.1, -0.05) is 13.3 Å². The highest BCUT2D eigenvalue weighted by molar-refractivity contribution is 5.87. The third kappa shape index (κ3) is 4.50. The minimum Gasteiger partial charge on any atom is -0.464 e. The van der Waals surface area contributed by atoms with Crippen molar-refractivity contribution in [3.63, 3.8) is 0 Å². The summed E-state index contributed by atoms with van der Waals surface area (Å²) in [5.41, 5.74) is 1.45. The number of aromatic amines is 1. The Kier molecular flexibility index (Phi) is 6.46. The van der Waals surface area contributed by atoms with E-state index in [1.54, 1.807) is 13.2 Å². The SMILES string of the molecule is CCCC(COC)NCc1ccc(C(=O)OC)[nH]1. The highest BCUT2D eigenvalue weighted by atomic mass is 16.5. The summed E-state index contributed by atoms with van der Waals surface area (Å²) < 4.78 is 9.80. The third-order valence-electron chi connectivity index (χ3n) is 2.74. The Morgan fingerprint density at radius 3 is 2.83 bits per heavy atom. The first-order valence-corrected chi connectivity index (χ1v) is 6.19. The van der Waals surface area contributed by atoms with E-state index in [1.807, 2.05) is 6.07 Å². The molecular formula is C13H22N2O3. The molecule has 1 rings (SSSR count). The number of esters is 1. The molecule has 1 aromatic heterocycles. The predicted octanol–water partition coefficient (Wildman–Crippen LogP) is 1.71. The van der Waals surface area contributed by atoms with Crippen LogP contribution in [0.5, 0.6) is 0 Å². The van der Waals surface area contributed by atoms with Crippen LogP contribution in [0.25, 0.3) is 0 Å². The van der Waals surface area contributed by atoms with Crippen LogP contribution in [0.2, 0.25) is 0 Å². The topological polar surface area (TPSA) is 63.4 Å². The van der Waals surface area contributed by atoms with Crippen molar-refractivity contribution in [1.29, 1.82) is 0 Å². The van der Waals surface area contributed by atoms with Gasteiger partial charge in [-0.2, -0.15) is 0 Å². The third-order valence-corrected chi connectivity index (χ3v) is 2.74. The molecule has 0 spiro atoms.